The molecule has 0 aromatic carbocycles. The van der Waals surface area contributed by atoms with Gasteiger partial charge in [0.15, 0.2) is 0 Å². The first kappa shape index (κ1) is 12.5. The van der Waals surface area contributed by atoms with E-state index in [9.17, 15) is 4.79 Å². The zero-order valence-corrected chi connectivity index (χ0v) is 9.67. The summed E-state index contributed by atoms with van der Waals surface area (Å²) in [7, 11) is 0. The number of unbranched alkanes of at least 4 members (excludes halogenated alkanes) is 2. The number of carboxylic acid groups (broad SMARTS) is 1. The van der Waals surface area contributed by atoms with Gasteiger partial charge in [-0.3, -0.25) is 4.79 Å². The molecule has 0 aromatic heterocycles. The molecule has 2 atom stereocenters. The van der Waals surface area contributed by atoms with Gasteiger partial charge < -0.3 is 10.4 Å². The summed E-state index contributed by atoms with van der Waals surface area (Å²) in [6.45, 7) is 2.20. The van der Waals surface area contributed by atoms with E-state index in [1.807, 2.05) is 0 Å². The fraction of sp³-hybridized carbons (Fsp3) is 0.917. The van der Waals surface area contributed by atoms with Gasteiger partial charge in [0.2, 0.25) is 0 Å². The smallest absolute Gasteiger partial charge is 0.320 e. The highest BCUT2D eigenvalue weighted by Gasteiger charge is 2.23. The average molecular weight is 213 g/mol. The molecule has 1 aliphatic heterocycles. The van der Waals surface area contributed by atoms with Gasteiger partial charge >= 0.3 is 5.97 Å². The van der Waals surface area contributed by atoms with Crippen LogP contribution in [0.4, 0.5) is 0 Å². The van der Waals surface area contributed by atoms with Crippen LogP contribution in [0.1, 0.15) is 58.3 Å². The molecule has 1 saturated heterocycles. The molecule has 0 spiro atoms. The number of nitrogens with one attached hydrogen (secondary N) is 1. The third kappa shape index (κ3) is 4.65. The predicted octanol–water partition coefficient (Wildman–Crippen LogP) is 2.55. The van der Waals surface area contributed by atoms with Gasteiger partial charge in [0.05, 0.1) is 0 Å². The van der Waals surface area contributed by atoms with Crippen LogP contribution in [0, 0.1) is 0 Å². The predicted molar refractivity (Wildman–Crippen MR) is 61.0 cm³/mol. The van der Waals surface area contributed by atoms with E-state index in [1.54, 1.807) is 0 Å². The maximum absolute atomic E-state index is 10.9. The van der Waals surface area contributed by atoms with Crippen molar-refractivity contribution < 1.29 is 9.90 Å². The molecule has 1 aliphatic rings. The minimum atomic E-state index is -0.683. The zero-order chi connectivity index (χ0) is 11.1. The largest absolute Gasteiger partial charge is 0.480 e. The lowest BCUT2D eigenvalue weighted by molar-refractivity contribution is -0.139. The van der Waals surface area contributed by atoms with Gasteiger partial charge in [0, 0.05) is 6.04 Å². The number of aliphatic carboxylic acids is 1. The summed E-state index contributed by atoms with van der Waals surface area (Å²) >= 11 is 0. The number of rotatable bonds is 5. The van der Waals surface area contributed by atoms with Crippen LogP contribution in [0.5, 0.6) is 0 Å². The van der Waals surface area contributed by atoms with Crippen molar-refractivity contribution in [3.05, 3.63) is 0 Å². The third-order valence-electron chi connectivity index (χ3n) is 3.19. The second-order valence-electron chi connectivity index (χ2n) is 4.53. The minimum absolute atomic E-state index is 0.306. The van der Waals surface area contributed by atoms with E-state index in [0.717, 1.165) is 25.7 Å². The van der Waals surface area contributed by atoms with Gasteiger partial charge in [-0.2, -0.15) is 0 Å². The van der Waals surface area contributed by atoms with Gasteiger partial charge in [-0.25, -0.2) is 0 Å². The molecule has 0 bridgehead atoms. The molecule has 0 amide bonds. The summed E-state index contributed by atoms with van der Waals surface area (Å²) in [6.07, 6.45) is 9.01. The van der Waals surface area contributed by atoms with Crippen LogP contribution in [0.25, 0.3) is 0 Å². The van der Waals surface area contributed by atoms with Crippen molar-refractivity contribution in [1.29, 1.82) is 0 Å². The first-order valence-electron chi connectivity index (χ1n) is 6.23. The van der Waals surface area contributed by atoms with Crippen LogP contribution in [-0.2, 0) is 4.79 Å². The molecule has 1 rings (SSSR count). The van der Waals surface area contributed by atoms with E-state index in [4.69, 9.17) is 5.11 Å². The van der Waals surface area contributed by atoms with Crippen molar-refractivity contribution in [2.75, 3.05) is 0 Å². The SMILES string of the molecule is CCCCC[C@H]1CCCC[C@@H](C(=O)O)N1. The van der Waals surface area contributed by atoms with Gasteiger partial charge in [-0.15, -0.1) is 0 Å². The monoisotopic (exact) mass is 213 g/mol. The number of hydrogen-bond donors (Lipinski definition) is 2. The van der Waals surface area contributed by atoms with E-state index < -0.39 is 5.97 Å². The first-order chi connectivity index (χ1) is 7.24. The van der Waals surface area contributed by atoms with Gasteiger partial charge in [-0.1, -0.05) is 39.0 Å². The lowest BCUT2D eigenvalue weighted by Gasteiger charge is -2.19. The van der Waals surface area contributed by atoms with Crippen LogP contribution in [0.3, 0.4) is 0 Å². The molecule has 0 saturated carbocycles. The van der Waals surface area contributed by atoms with E-state index in [2.05, 4.69) is 12.2 Å². The first-order valence-corrected chi connectivity index (χ1v) is 6.23. The second kappa shape index (κ2) is 6.83. The van der Waals surface area contributed by atoms with Crippen LogP contribution in [0.2, 0.25) is 0 Å². The summed E-state index contributed by atoms with van der Waals surface area (Å²) in [4.78, 5) is 10.9. The Bertz CT molecular complexity index is 194. The molecular weight excluding hydrogens is 190 g/mol. The zero-order valence-electron chi connectivity index (χ0n) is 9.67. The lowest BCUT2D eigenvalue weighted by atomic mass is 10.0. The summed E-state index contributed by atoms with van der Waals surface area (Å²) in [5.41, 5.74) is 0. The topological polar surface area (TPSA) is 49.3 Å². The molecule has 1 fully saturated rings. The van der Waals surface area contributed by atoms with Crippen molar-refractivity contribution in [2.45, 2.75) is 70.4 Å². The molecule has 0 aromatic rings. The Balaban J connectivity index is 2.32. The minimum Gasteiger partial charge on any atom is -0.480 e. The lowest BCUT2D eigenvalue weighted by Crippen LogP contribution is -2.41. The van der Waals surface area contributed by atoms with Crippen molar-refractivity contribution in [3.8, 4) is 0 Å². The highest BCUT2D eigenvalue weighted by Crippen LogP contribution is 2.17. The normalized spacial score (nSPS) is 27.3. The van der Waals surface area contributed by atoms with Crippen LogP contribution in [-0.4, -0.2) is 23.2 Å². The second-order valence-corrected chi connectivity index (χ2v) is 4.53. The van der Waals surface area contributed by atoms with Crippen molar-refractivity contribution in [2.24, 2.45) is 0 Å². The Kier molecular flexibility index (Phi) is 5.69. The number of carbonyl (C=O) groups is 1. The van der Waals surface area contributed by atoms with Gasteiger partial charge in [-0.05, 0) is 19.3 Å². The summed E-state index contributed by atoms with van der Waals surface area (Å²) in [5, 5.41) is 12.3. The van der Waals surface area contributed by atoms with Crippen molar-refractivity contribution in [1.82, 2.24) is 5.32 Å². The Morgan fingerprint density at radius 2 is 2.07 bits per heavy atom. The number of hydrogen-bond acceptors (Lipinski definition) is 2. The molecule has 3 nitrogen and oxygen atoms in total. The van der Waals surface area contributed by atoms with Crippen molar-refractivity contribution in [3.63, 3.8) is 0 Å². The van der Waals surface area contributed by atoms with Crippen molar-refractivity contribution >= 4 is 5.97 Å². The number of carboxylic acids is 1. The van der Waals surface area contributed by atoms with Crippen LogP contribution >= 0.6 is 0 Å². The Labute approximate surface area is 92.3 Å². The maximum atomic E-state index is 10.9. The maximum Gasteiger partial charge on any atom is 0.320 e. The average Bonchev–Trinajstić information content (AvgIpc) is 2.44. The summed E-state index contributed by atoms with van der Waals surface area (Å²) in [5.74, 6) is -0.683. The standard InChI is InChI=1S/C12H23NO2/c1-2-3-4-7-10-8-5-6-9-11(13-10)12(14)15/h10-11,13H,2-9H2,1H3,(H,14,15)/t10-,11-/m0/s1. The van der Waals surface area contributed by atoms with Gasteiger partial charge in [0.25, 0.3) is 0 Å². The van der Waals surface area contributed by atoms with E-state index in [-0.39, 0.29) is 6.04 Å². The van der Waals surface area contributed by atoms with E-state index in [0.29, 0.717) is 6.04 Å². The van der Waals surface area contributed by atoms with E-state index >= 15 is 0 Å². The fourth-order valence-corrected chi connectivity index (χ4v) is 2.25. The fourth-order valence-electron chi connectivity index (χ4n) is 2.25. The molecule has 0 aliphatic carbocycles. The Morgan fingerprint density at radius 3 is 2.73 bits per heavy atom. The molecular formula is C12H23NO2. The summed E-state index contributed by atoms with van der Waals surface area (Å²) in [6, 6.07) is 0.124. The highest BCUT2D eigenvalue weighted by molar-refractivity contribution is 5.73. The molecule has 3 heteroatoms. The Morgan fingerprint density at radius 1 is 1.33 bits per heavy atom. The summed E-state index contributed by atoms with van der Waals surface area (Å²) < 4.78 is 0. The molecule has 2 N–H and O–H groups in total. The molecule has 15 heavy (non-hydrogen) atoms. The molecule has 1 heterocycles. The van der Waals surface area contributed by atoms with Gasteiger partial charge in [0.1, 0.15) is 6.04 Å². The van der Waals surface area contributed by atoms with Crippen LogP contribution in [0.15, 0.2) is 0 Å². The third-order valence-corrected chi connectivity index (χ3v) is 3.19. The highest BCUT2D eigenvalue weighted by atomic mass is 16.4. The molecule has 0 unspecified atom stereocenters. The molecule has 0 radical (unpaired) electrons. The quantitative estimate of drug-likeness (QED) is 0.690. The van der Waals surface area contributed by atoms with Crippen LogP contribution < -0.4 is 5.32 Å². The molecule has 88 valence electrons. The van der Waals surface area contributed by atoms with E-state index in [1.165, 1.54) is 25.7 Å². The Hall–Kier alpha value is -0.570.